The Labute approximate surface area is 173 Å². The van der Waals surface area contributed by atoms with Crippen LogP contribution in [0.15, 0.2) is 12.1 Å². The molecule has 1 aliphatic heterocycles. The molecule has 2 aliphatic carbocycles. The van der Waals surface area contributed by atoms with E-state index in [4.69, 9.17) is 14.5 Å². The van der Waals surface area contributed by atoms with E-state index >= 15 is 0 Å². The summed E-state index contributed by atoms with van der Waals surface area (Å²) in [6, 6.07) is 4.25. The van der Waals surface area contributed by atoms with Crippen LogP contribution in [0.2, 0.25) is 0 Å². The summed E-state index contributed by atoms with van der Waals surface area (Å²) in [4.78, 5) is 7.53. The summed E-state index contributed by atoms with van der Waals surface area (Å²) in [5.41, 5.74) is 4.44. The van der Waals surface area contributed by atoms with Crippen LogP contribution >= 0.6 is 0 Å². The zero-order chi connectivity index (χ0) is 19.8. The van der Waals surface area contributed by atoms with Crippen molar-refractivity contribution in [2.24, 2.45) is 5.41 Å². The highest BCUT2D eigenvalue weighted by molar-refractivity contribution is 5.90. The van der Waals surface area contributed by atoms with Crippen LogP contribution in [0.1, 0.15) is 50.2 Å². The Morgan fingerprint density at radius 2 is 1.90 bits per heavy atom. The first-order chi connectivity index (χ1) is 14.2. The zero-order valence-corrected chi connectivity index (χ0v) is 17.9. The number of methoxy groups -OCH3 is 1. The number of benzene rings is 1. The molecule has 0 radical (unpaired) electrons. The largest absolute Gasteiger partial charge is 0.493 e. The lowest BCUT2D eigenvalue weighted by Crippen LogP contribution is -2.21. The van der Waals surface area contributed by atoms with Crippen molar-refractivity contribution in [1.29, 1.82) is 0 Å². The second-order valence-electron chi connectivity index (χ2n) is 9.07. The summed E-state index contributed by atoms with van der Waals surface area (Å²) in [6.07, 6.45) is 8.78. The van der Waals surface area contributed by atoms with Gasteiger partial charge in [0.25, 0.3) is 0 Å². The van der Waals surface area contributed by atoms with E-state index in [1.807, 2.05) is 0 Å². The molecule has 3 aliphatic rings. The Hall–Kier alpha value is -2.01. The third-order valence-corrected chi connectivity index (χ3v) is 6.97. The van der Waals surface area contributed by atoms with Gasteiger partial charge in [-0.05, 0) is 87.6 Å². The maximum Gasteiger partial charge on any atom is 0.163 e. The number of likely N-dealkylation sites (tertiary alicyclic amines) is 1. The van der Waals surface area contributed by atoms with E-state index in [-0.39, 0.29) is 0 Å². The van der Waals surface area contributed by atoms with Gasteiger partial charge in [-0.3, -0.25) is 0 Å². The molecule has 0 amide bonds. The smallest absolute Gasteiger partial charge is 0.163 e. The summed E-state index contributed by atoms with van der Waals surface area (Å²) in [6.45, 7) is 7.35. The van der Waals surface area contributed by atoms with Crippen LogP contribution in [0.5, 0.6) is 11.5 Å². The molecule has 1 aromatic heterocycles. The number of hydrogen-bond acceptors (Lipinski definition) is 5. The second kappa shape index (κ2) is 7.67. The number of nitrogens with one attached hydrogen (secondary N) is 1. The van der Waals surface area contributed by atoms with Crippen molar-refractivity contribution in [2.45, 2.75) is 51.9 Å². The van der Waals surface area contributed by atoms with Gasteiger partial charge >= 0.3 is 0 Å². The van der Waals surface area contributed by atoms with Crippen LogP contribution in [0.4, 0.5) is 5.82 Å². The van der Waals surface area contributed by atoms with Crippen molar-refractivity contribution < 1.29 is 9.47 Å². The lowest BCUT2D eigenvalue weighted by atomic mass is 10.0. The van der Waals surface area contributed by atoms with Gasteiger partial charge in [0.1, 0.15) is 5.82 Å². The third kappa shape index (κ3) is 3.65. The minimum atomic E-state index is 0.514. The molecule has 2 heterocycles. The number of anilines is 1. The molecule has 1 spiro atoms. The molecular formula is C24H33N3O2. The number of nitrogens with zero attached hydrogens (tertiary/aromatic N) is 2. The first-order valence-electron chi connectivity index (χ1n) is 11.3. The first kappa shape index (κ1) is 19.0. The van der Waals surface area contributed by atoms with E-state index < -0.39 is 0 Å². The Morgan fingerprint density at radius 3 is 2.62 bits per heavy atom. The highest BCUT2D eigenvalue weighted by atomic mass is 16.5. The van der Waals surface area contributed by atoms with Crippen LogP contribution in [0.3, 0.4) is 0 Å². The molecule has 0 unspecified atom stereocenters. The quantitative estimate of drug-likeness (QED) is 0.671. The lowest BCUT2D eigenvalue weighted by Gasteiger charge is -2.17. The van der Waals surface area contributed by atoms with Gasteiger partial charge in [-0.25, -0.2) is 4.98 Å². The molecule has 1 N–H and O–H groups in total. The minimum Gasteiger partial charge on any atom is -0.493 e. The molecule has 5 heteroatoms. The topological polar surface area (TPSA) is 46.6 Å². The SMILES string of the molecule is CCNc1nc2cc(OCCCN3CCCC3)c(OC)cc2c2c1CC1(CC1)C2. The molecule has 0 atom stereocenters. The molecule has 29 heavy (non-hydrogen) atoms. The van der Waals surface area contributed by atoms with Crippen molar-refractivity contribution in [1.82, 2.24) is 9.88 Å². The molecule has 1 saturated heterocycles. The molecule has 156 valence electrons. The number of ether oxygens (including phenoxy) is 2. The summed E-state index contributed by atoms with van der Waals surface area (Å²) < 4.78 is 11.9. The Bertz CT molecular complexity index is 901. The number of fused-ring (bicyclic) bond motifs is 3. The number of hydrogen-bond donors (Lipinski definition) is 1. The van der Waals surface area contributed by atoms with E-state index in [0.29, 0.717) is 12.0 Å². The van der Waals surface area contributed by atoms with Gasteiger partial charge in [-0.15, -0.1) is 0 Å². The Kier molecular flexibility index (Phi) is 5.02. The highest BCUT2D eigenvalue weighted by Crippen LogP contribution is 2.58. The maximum atomic E-state index is 6.16. The molecule has 5 nitrogen and oxygen atoms in total. The van der Waals surface area contributed by atoms with Gasteiger partial charge < -0.3 is 19.7 Å². The van der Waals surface area contributed by atoms with Crippen molar-refractivity contribution in [3.8, 4) is 11.5 Å². The van der Waals surface area contributed by atoms with Gasteiger partial charge in [0, 0.05) is 24.5 Å². The number of pyridine rings is 1. The van der Waals surface area contributed by atoms with Crippen LogP contribution in [0, 0.1) is 5.41 Å². The highest BCUT2D eigenvalue weighted by Gasteiger charge is 2.48. The van der Waals surface area contributed by atoms with Crippen molar-refractivity contribution >= 4 is 16.7 Å². The van der Waals surface area contributed by atoms with E-state index in [1.165, 1.54) is 68.1 Å². The van der Waals surface area contributed by atoms with Gasteiger partial charge in [-0.1, -0.05) is 0 Å². The number of rotatable bonds is 8. The fourth-order valence-electron chi connectivity index (χ4n) is 5.17. The molecular weight excluding hydrogens is 362 g/mol. The minimum absolute atomic E-state index is 0.514. The second-order valence-corrected chi connectivity index (χ2v) is 9.07. The molecule has 5 rings (SSSR count). The van der Waals surface area contributed by atoms with E-state index in [1.54, 1.807) is 7.11 Å². The predicted molar refractivity (Wildman–Crippen MR) is 117 cm³/mol. The number of aromatic nitrogens is 1. The predicted octanol–water partition coefficient (Wildman–Crippen LogP) is 4.42. The van der Waals surface area contributed by atoms with Crippen molar-refractivity contribution in [3.63, 3.8) is 0 Å². The standard InChI is InChI=1S/C24H33N3O2/c1-3-25-23-19-16-24(7-8-24)15-18(19)17-13-21(28-2)22(14-20(17)26-23)29-12-6-11-27-9-4-5-10-27/h13-14H,3-12,15-16H2,1-2H3,(H,25,26). The van der Waals surface area contributed by atoms with Crippen LogP contribution in [-0.4, -0.2) is 49.8 Å². The first-order valence-corrected chi connectivity index (χ1v) is 11.3. The van der Waals surface area contributed by atoms with Crippen molar-refractivity contribution in [3.05, 3.63) is 23.3 Å². The van der Waals surface area contributed by atoms with Gasteiger partial charge in [0.15, 0.2) is 11.5 Å². The van der Waals surface area contributed by atoms with E-state index in [2.05, 4.69) is 29.3 Å². The fourth-order valence-corrected chi connectivity index (χ4v) is 5.17. The average molecular weight is 396 g/mol. The normalized spacial score (nSPS) is 19.7. The fraction of sp³-hybridized carbons (Fsp3) is 0.625. The van der Waals surface area contributed by atoms with E-state index in [9.17, 15) is 0 Å². The summed E-state index contributed by atoms with van der Waals surface area (Å²) in [5.74, 6) is 2.72. The average Bonchev–Trinajstić information content (AvgIpc) is 3.12. The molecule has 1 aromatic carbocycles. The summed E-state index contributed by atoms with van der Waals surface area (Å²) in [5, 5.41) is 4.75. The lowest BCUT2D eigenvalue weighted by molar-refractivity contribution is 0.254. The third-order valence-electron chi connectivity index (χ3n) is 6.97. The van der Waals surface area contributed by atoms with Crippen LogP contribution in [-0.2, 0) is 12.8 Å². The van der Waals surface area contributed by atoms with Crippen LogP contribution < -0.4 is 14.8 Å². The maximum absolute atomic E-state index is 6.16. The molecule has 0 bridgehead atoms. The summed E-state index contributed by atoms with van der Waals surface area (Å²) >= 11 is 0. The monoisotopic (exact) mass is 395 g/mol. The molecule has 2 aromatic rings. The Morgan fingerprint density at radius 1 is 1.10 bits per heavy atom. The molecule has 1 saturated carbocycles. The van der Waals surface area contributed by atoms with Crippen molar-refractivity contribution in [2.75, 3.05) is 45.2 Å². The van der Waals surface area contributed by atoms with Gasteiger partial charge in [0.05, 0.1) is 19.2 Å². The summed E-state index contributed by atoms with van der Waals surface area (Å²) in [7, 11) is 1.74. The molecule has 2 fully saturated rings. The van der Waals surface area contributed by atoms with Crippen LogP contribution in [0.25, 0.3) is 10.9 Å². The Balaban J connectivity index is 1.40. The van der Waals surface area contributed by atoms with Gasteiger partial charge in [0.2, 0.25) is 0 Å². The van der Waals surface area contributed by atoms with E-state index in [0.717, 1.165) is 42.3 Å². The van der Waals surface area contributed by atoms with Gasteiger partial charge in [-0.2, -0.15) is 0 Å². The zero-order valence-electron chi connectivity index (χ0n) is 17.9.